The molecule has 1 saturated carbocycles. The summed E-state index contributed by atoms with van der Waals surface area (Å²) in [6, 6.07) is 20.2. The summed E-state index contributed by atoms with van der Waals surface area (Å²) >= 11 is 0. The predicted molar refractivity (Wildman–Crippen MR) is 124 cm³/mol. The Hall–Kier alpha value is -3.54. The Kier molecular flexibility index (Phi) is 4.93. The molecule has 6 nitrogen and oxygen atoms in total. The number of carbonyl (C=O) groups excluding carboxylic acids is 2. The first-order valence-electron chi connectivity index (χ1n) is 11.6. The van der Waals surface area contributed by atoms with Crippen molar-refractivity contribution in [2.24, 2.45) is 5.92 Å². The minimum absolute atomic E-state index is 0.0308. The van der Waals surface area contributed by atoms with Crippen LogP contribution in [0.1, 0.15) is 23.5 Å². The fraction of sp³-hybridized carbons (Fsp3) is 0.333. The smallest absolute Gasteiger partial charge is 0.231 e. The van der Waals surface area contributed by atoms with E-state index in [1.54, 1.807) is 0 Å². The van der Waals surface area contributed by atoms with Gasteiger partial charge in [0.2, 0.25) is 18.6 Å². The Balaban J connectivity index is 1.05. The third-order valence-corrected chi connectivity index (χ3v) is 7.10. The summed E-state index contributed by atoms with van der Waals surface area (Å²) in [5.74, 6) is 2.15. The molecular formula is C27H26N2O4. The van der Waals surface area contributed by atoms with E-state index in [0.717, 1.165) is 39.8 Å². The molecule has 3 aromatic carbocycles. The fourth-order valence-electron chi connectivity index (χ4n) is 5.11. The molecule has 0 N–H and O–H groups in total. The van der Waals surface area contributed by atoms with Crippen LogP contribution in [0.3, 0.4) is 0 Å². The summed E-state index contributed by atoms with van der Waals surface area (Å²) in [6.07, 6.45) is 1.27. The number of hydrogen-bond donors (Lipinski definition) is 0. The minimum Gasteiger partial charge on any atom is -0.454 e. The van der Waals surface area contributed by atoms with Crippen molar-refractivity contribution >= 4 is 22.6 Å². The second-order valence-corrected chi connectivity index (χ2v) is 9.08. The molecule has 3 aromatic rings. The van der Waals surface area contributed by atoms with Crippen LogP contribution in [0, 0.1) is 5.92 Å². The first-order valence-corrected chi connectivity index (χ1v) is 11.6. The van der Waals surface area contributed by atoms with E-state index in [-0.39, 0.29) is 30.4 Å². The molecule has 2 atom stereocenters. The molecule has 168 valence electrons. The maximum absolute atomic E-state index is 13.1. The van der Waals surface area contributed by atoms with Crippen LogP contribution in [0.5, 0.6) is 11.5 Å². The van der Waals surface area contributed by atoms with Crippen molar-refractivity contribution in [3.05, 3.63) is 71.8 Å². The van der Waals surface area contributed by atoms with Crippen LogP contribution >= 0.6 is 0 Å². The summed E-state index contributed by atoms with van der Waals surface area (Å²) in [5, 5.41) is 2.28. The maximum Gasteiger partial charge on any atom is 0.231 e. The van der Waals surface area contributed by atoms with E-state index in [2.05, 4.69) is 18.2 Å². The summed E-state index contributed by atoms with van der Waals surface area (Å²) in [4.78, 5) is 29.8. The average Bonchev–Trinajstić information content (AvgIpc) is 3.52. The number of amides is 2. The lowest BCUT2D eigenvalue weighted by molar-refractivity contribution is -0.140. The number of rotatable bonds is 4. The largest absolute Gasteiger partial charge is 0.454 e. The number of benzene rings is 3. The van der Waals surface area contributed by atoms with Crippen molar-refractivity contribution in [2.45, 2.75) is 18.8 Å². The van der Waals surface area contributed by atoms with E-state index in [0.29, 0.717) is 32.6 Å². The Morgan fingerprint density at radius 3 is 2.48 bits per heavy atom. The Morgan fingerprint density at radius 1 is 0.848 bits per heavy atom. The van der Waals surface area contributed by atoms with Gasteiger partial charge >= 0.3 is 0 Å². The molecule has 2 fully saturated rings. The third kappa shape index (κ3) is 3.80. The van der Waals surface area contributed by atoms with Gasteiger partial charge in [0.25, 0.3) is 0 Å². The van der Waals surface area contributed by atoms with E-state index in [4.69, 9.17) is 9.47 Å². The summed E-state index contributed by atoms with van der Waals surface area (Å²) in [5.41, 5.74) is 2.20. The maximum atomic E-state index is 13.1. The highest BCUT2D eigenvalue weighted by Gasteiger charge is 2.46. The van der Waals surface area contributed by atoms with Gasteiger partial charge in [0.05, 0.1) is 6.42 Å². The van der Waals surface area contributed by atoms with Crippen molar-refractivity contribution in [3.63, 3.8) is 0 Å². The first-order chi connectivity index (χ1) is 16.2. The number of fused-ring (bicyclic) bond motifs is 2. The van der Waals surface area contributed by atoms with Gasteiger partial charge in [0.15, 0.2) is 11.5 Å². The van der Waals surface area contributed by atoms with E-state index >= 15 is 0 Å². The molecule has 6 rings (SSSR count). The van der Waals surface area contributed by atoms with Gasteiger partial charge in [0, 0.05) is 32.1 Å². The molecular weight excluding hydrogens is 416 g/mol. The van der Waals surface area contributed by atoms with Crippen molar-refractivity contribution < 1.29 is 19.1 Å². The van der Waals surface area contributed by atoms with Crippen LogP contribution in [-0.4, -0.2) is 54.6 Å². The molecule has 0 aromatic heterocycles. The lowest BCUT2D eigenvalue weighted by Gasteiger charge is -2.35. The van der Waals surface area contributed by atoms with Crippen LogP contribution in [0.15, 0.2) is 60.7 Å². The molecule has 6 heteroatoms. The van der Waals surface area contributed by atoms with Gasteiger partial charge in [-0.25, -0.2) is 0 Å². The molecule has 3 aliphatic rings. The van der Waals surface area contributed by atoms with E-state index < -0.39 is 0 Å². The highest BCUT2D eigenvalue weighted by atomic mass is 16.7. The Labute approximate surface area is 192 Å². The van der Waals surface area contributed by atoms with E-state index in [1.165, 1.54) is 0 Å². The SMILES string of the molecule is O=C(Cc1cccc2ccccc12)N1CCN(C(=O)C2CC2c2ccc3c(c2)OCO3)CC1. The lowest BCUT2D eigenvalue weighted by atomic mass is 10.0. The van der Waals surface area contributed by atoms with Gasteiger partial charge in [-0.2, -0.15) is 0 Å². The fourth-order valence-corrected chi connectivity index (χ4v) is 5.11. The van der Waals surface area contributed by atoms with Gasteiger partial charge in [-0.05, 0) is 46.4 Å². The zero-order valence-electron chi connectivity index (χ0n) is 18.4. The summed E-state index contributed by atoms with van der Waals surface area (Å²) in [6.45, 7) is 2.65. The highest BCUT2D eigenvalue weighted by molar-refractivity contribution is 5.90. The molecule has 1 saturated heterocycles. The standard InChI is InChI=1S/C27H26N2O4/c30-26(15-19-6-3-5-18-4-1-2-7-21(18)19)28-10-12-29(13-11-28)27(31)23-16-22(23)20-8-9-24-25(14-20)33-17-32-24/h1-9,14,22-23H,10-13,15-17H2. The molecule has 2 heterocycles. The first kappa shape index (κ1) is 20.1. The van der Waals surface area contributed by atoms with Gasteiger partial charge in [-0.15, -0.1) is 0 Å². The summed E-state index contributed by atoms with van der Waals surface area (Å²) < 4.78 is 10.9. The molecule has 0 radical (unpaired) electrons. The van der Waals surface area contributed by atoms with Gasteiger partial charge < -0.3 is 19.3 Å². The number of piperazine rings is 1. The summed E-state index contributed by atoms with van der Waals surface area (Å²) in [7, 11) is 0. The van der Waals surface area contributed by atoms with E-state index in [1.807, 2.05) is 52.3 Å². The van der Waals surface area contributed by atoms with Gasteiger partial charge in [0.1, 0.15) is 0 Å². The second kappa shape index (κ2) is 8.10. The molecule has 2 unspecified atom stereocenters. The average molecular weight is 443 g/mol. The van der Waals surface area contributed by atoms with Crippen LogP contribution < -0.4 is 9.47 Å². The molecule has 2 amide bonds. The number of ether oxygens (including phenoxy) is 2. The Bertz CT molecular complexity index is 1230. The molecule has 1 aliphatic carbocycles. The minimum atomic E-state index is 0.0308. The van der Waals surface area contributed by atoms with E-state index in [9.17, 15) is 9.59 Å². The third-order valence-electron chi connectivity index (χ3n) is 7.10. The monoisotopic (exact) mass is 442 g/mol. The van der Waals surface area contributed by atoms with Crippen LogP contribution in [0.2, 0.25) is 0 Å². The quantitative estimate of drug-likeness (QED) is 0.620. The Morgan fingerprint density at radius 2 is 1.61 bits per heavy atom. The topological polar surface area (TPSA) is 59.1 Å². The van der Waals surface area contributed by atoms with Crippen molar-refractivity contribution in [1.82, 2.24) is 9.80 Å². The lowest BCUT2D eigenvalue weighted by Crippen LogP contribution is -2.51. The molecule has 33 heavy (non-hydrogen) atoms. The molecule has 0 spiro atoms. The number of carbonyl (C=O) groups is 2. The van der Waals surface area contributed by atoms with Crippen LogP contribution in [-0.2, 0) is 16.0 Å². The van der Waals surface area contributed by atoms with Gasteiger partial charge in [-0.1, -0.05) is 48.5 Å². The normalized spacial score (nSPS) is 21.3. The molecule has 0 bridgehead atoms. The predicted octanol–water partition coefficient (Wildman–Crippen LogP) is 3.59. The van der Waals surface area contributed by atoms with Crippen LogP contribution in [0.25, 0.3) is 10.8 Å². The molecule has 2 aliphatic heterocycles. The number of hydrogen-bond acceptors (Lipinski definition) is 4. The number of nitrogens with zero attached hydrogens (tertiary/aromatic N) is 2. The van der Waals surface area contributed by atoms with Crippen molar-refractivity contribution in [2.75, 3.05) is 33.0 Å². The zero-order chi connectivity index (χ0) is 22.4. The van der Waals surface area contributed by atoms with Gasteiger partial charge in [-0.3, -0.25) is 9.59 Å². The van der Waals surface area contributed by atoms with Crippen molar-refractivity contribution in [3.8, 4) is 11.5 Å². The highest BCUT2D eigenvalue weighted by Crippen LogP contribution is 2.50. The second-order valence-electron chi connectivity index (χ2n) is 9.08. The van der Waals surface area contributed by atoms with Crippen LogP contribution in [0.4, 0.5) is 0 Å². The van der Waals surface area contributed by atoms with Crippen molar-refractivity contribution in [1.29, 1.82) is 0 Å². The zero-order valence-corrected chi connectivity index (χ0v) is 18.4.